The zero-order valence-corrected chi connectivity index (χ0v) is 11.0. The Balaban J connectivity index is 0.00000144. The predicted molar refractivity (Wildman–Crippen MR) is 72.0 cm³/mol. The third kappa shape index (κ3) is 2.86. The molecule has 6 heteroatoms. The van der Waals surface area contributed by atoms with Crippen molar-refractivity contribution in [1.82, 2.24) is 5.32 Å². The fourth-order valence-corrected chi connectivity index (χ4v) is 2.15. The van der Waals surface area contributed by atoms with Crippen LogP contribution in [-0.4, -0.2) is 18.2 Å². The highest BCUT2D eigenvalue weighted by atomic mass is 35.5. The third-order valence-electron chi connectivity index (χ3n) is 2.62. The molecule has 0 amide bonds. The number of morpholine rings is 1. The van der Waals surface area contributed by atoms with Gasteiger partial charge in [-0.15, -0.1) is 12.4 Å². The van der Waals surface area contributed by atoms with Crippen LogP contribution in [0.25, 0.3) is 0 Å². The summed E-state index contributed by atoms with van der Waals surface area (Å²) in [6.07, 6.45) is 0. The average Bonchev–Trinajstić information content (AvgIpc) is 2.21. The Kier molecular flexibility index (Phi) is 4.30. The summed E-state index contributed by atoms with van der Waals surface area (Å²) in [5, 5.41) is 3.09. The van der Waals surface area contributed by atoms with E-state index in [1.165, 1.54) is 12.1 Å². The molecule has 1 fully saturated rings. The Morgan fingerprint density at radius 3 is 2.88 bits per heavy atom. The minimum atomic E-state index is -0.644. The lowest BCUT2D eigenvalue weighted by Crippen LogP contribution is -2.52. The van der Waals surface area contributed by atoms with Gasteiger partial charge in [0.15, 0.2) is 0 Å². The number of hydrogen-bond acceptors (Lipinski definition) is 3. The zero-order chi connectivity index (χ0) is 11.8. The van der Waals surface area contributed by atoms with Crippen molar-refractivity contribution < 1.29 is 9.13 Å². The molecule has 1 saturated heterocycles. The molecule has 1 aromatic carbocycles. The molecular weight excluding hydrogens is 263 g/mol. The first-order chi connectivity index (χ1) is 7.51. The molecule has 3 N–H and O–H groups in total. The fourth-order valence-electron chi connectivity index (χ4n) is 1.84. The molecule has 0 saturated carbocycles. The summed E-state index contributed by atoms with van der Waals surface area (Å²) in [4.78, 5) is 0.579. The monoisotopic (exact) mass is 276 g/mol. The lowest BCUT2D eigenvalue weighted by atomic mass is 9.91. The van der Waals surface area contributed by atoms with E-state index in [0.29, 0.717) is 29.5 Å². The highest BCUT2D eigenvalue weighted by molar-refractivity contribution is 7.80. The topological polar surface area (TPSA) is 47.3 Å². The molecule has 2 rings (SSSR count). The van der Waals surface area contributed by atoms with E-state index >= 15 is 0 Å². The van der Waals surface area contributed by atoms with Crippen molar-refractivity contribution in [3.63, 3.8) is 0 Å². The molecule has 1 aliphatic rings. The minimum absolute atomic E-state index is 0. The molecule has 0 radical (unpaired) electrons. The van der Waals surface area contributed by atoms with Gasteiger partial charge >= 0.3 is 0 Å². The second-order valence-electron chi connectivity index (χ2n) is 4.11. The van der Waals surface area contributed by atoms with Crippen LogP contribution in [0.15, 0.2) is 18.2 Å². The van der Waals surface area contributed by atoms with E-state index in [2.05, 4.69) is 5.32 Å². The van der Waals surface area contributed by atoms with Gasteiger partial charge in [-0.3, -0.25) is 0 Å². The SMILES string of the molecule is CC1(c2cc(N)ccc2F)COCC(=S)N1.Cl. The molecule has 1 atom stereocenters. The number of halogens is 2. The Labute approximate surface area is 111 Å². The molecule has 1 heterocycles. The van der Waals surface area contributed by atoms with E-state index in [1.54, 1.807) is 6.07 Å². The maximum atomic E-state index is 13.7. The van der Waals surface area contributed by atoms with Gasteiger partial charge in [0.2, 0.25) is 0 Å². The fraction of sp³-hybridized carbons (Fsp3) is 0.364. The van der Waals surface area contributed by atoms with Crippen LogP contribution in [-0.2, 0) is 10.3 Å². The Bertz CT molecular complexity index is 443. The van der Waals surface area contributed by atoms with Crippen LogP contribution in [0.4, 0.5) is 10.1 Å². The molecule has 1 aromatic rings. The van der Waals surface area contributed by atoms with Gasteiger partial charge in [-0.2, -0.15) is 0 Å². The highest BCUT2D eigenvalue weighted by Gasteiger charge is 2.33. The van der Waals surface area contributed by atoms with Crippen molar-refractivity contribution in [2.24, 2.45) is 0 Å². The molecule has 0 aromatic heterocycles. The molecule has 0 spiro atoms. The first kappa shape index (κ1) is 14.2. The standard InChI is InChI=1S/C11H13FN2OS.ClH/c1-11(6-15-5-10(16)14-11)8-4-7(13)2-3-9(8)12;/h2-4H,5-6,13H2,1H3,(H,14,16);1H. The molecule has 0 aliphatic carbocycles. The Morgan fingerprint density at radius 1 is 1.53 bits per heavy atom. The number of nitrogen functional groups attached to an aromatic ring is 1. The van der Waals surface area contributed by atoms with Gasteiger partial charge in [0.1, 0.15) is 10.8 Å². The number of ether oxygens (including phenoxy) is 1. The second-order valence-corrected chi connectivity index (χ2v) is 4.61. The van der Waals surface area contributed by atoms with E-state index in [-0.39, 0.29) is 18.2 Å². The Morgan fingerprint density at radius 2 is 2.24 bits per heavy atom. The van der Waals surface area contributed by atoms with Gasteiger partial charge in [0, 0.05) is 11.3 Å². The van der Waals surface area contributed by atoms with E-state index in [9.17, 15) is 4.39 Å². The van der Waals surface area contributed by atoms with Gasteiger partial charge in [-0.25, -0.2) is 4.39 Å². The number of nitrogens with two attached hydrogens (primary N) is 1. The largest absolute Gasteiger partial charge is 0.399 e. The van der Waals surface area contributed by atoms with Gasteiger partial charge in [-0.05, 0) is 25.1 Å². The van der Waals surface area contributed by atoms with Crippen LogP contribution < -0.4 is 11.1 Å². The predicted octanol–water partition coefficient (Wildman–Crippen LogP) is 1.99. The number of anilines is 1. The van der Waals surface area contributed by atoms with Crippen molar-refractivity contribution in [3.05, 3.63) is 29.6 Å². The molecule has 3 nitrogen and oxygen atoms in total. The van der Waals surface area contributed by atoms with Crippen LogP contribution in [0.2, 0.25) is 0 Å². The van der Waals surface area contributed by atoms with Crippen molar-refractivity contribution in [2.45, 2.75) is 12.5 Å². The van der Waals surface area contributed by atoms with Crippen molar-refractivity contribution in [1.29, 1.82) is 0 Å². The van der Waals surface area contributed by atoms with Crippen molar-refractivity contribution >= 4 is 35.3 Å². The van der Waals surface area contributed by atoms with E-state index < -0.39 is 5.54 Å². The smallest absolute Gasteiger partial charge is 0.128 e. The summed E-state index contributed by atoms with van der Waals surface area (Å²) in [7, 11) is 0. The molecule has 17 heavy (non-hydrogen) atoms. The lowest BCUT2D eigenvalue weighted by molar-refractivity contribution is 0.0857. The molecular formula is C11H14ClFN2OS. The van der Waals surface area contributed by atoms with Gasteiger partial charge in [0.05, 0.1) is 18.8 Å². The third-order valence-corrected chi connectivity index (χ3v) is 2.84. The summed E-state index contributed by atoms with van der Waals surface area (Å²) in [6, 6.07) is 4.50. The quantitative estimate of drug-likeness (QED) is 0.608. The van der Waals surface area contributed by atoms with Crippen molar-refractivity contribution in [3.8, 4) is 0 Å². The highest BCUT2D eigenvalue weighted by Crippen LogP contribution is 2.27. The van der Waals surface area contributed by atoms with Crippen LogP contribution >= 0.6 is 24.6 Å². The number of hydrogen-bond donors (Lipinski definition) is 2. The summed E-state index contributed by atoms with van der Waals surface area (Å²) >= 11 is 5.04. The zero-order valence-electron chi connectivity index (χ0n) is 9.33. The summed E-state index contributed by atoms with van der Waals surface area (Å²) < 4.78 is 19.1. The summed E-state index contributed by atoms with van der Waals surface area (Å²) in [5.74, 6) is -0.308. The lowest BCUT2D eigenvalue weighted by Gasteiger charge is -2.36. The maximum absolute atomic E-state index is 13.7. The van der Waals surface area contributed by atoms with E-state index in [1.807, 2.05) is 6.92 Å². The van der Waals surface area contributed by atoms with Crippen molar-refractivity contribution in [2.75, 3.05) is 18.9 Å². The van der Waals surface area contributed by atoms with E-state index in [0.717, 1.165) is 0 Å². The van der Waals surface area contributed by atoms with E-state index in [4.69, 9.17) is 22.7 Å². The summed E-state index contributed by atoms with van der Waals surface area (Å²) in [5.41, 5.74) is 6.02. The number of nitrogens with one attached hydrogen (secondary N) is 1. The maximum Gasteiger partial charge on any atom is 0.128 e. The minimum Gasteiger partial charge on any atom is -0.399 e. The average molecular weight is 277 g/mol. The number of benzene rings is 1. The molecule has 1 aliphatic heterocycles. The Hall–Kier alpha value is -0.910. The normalized spacial score (nSPS) is 23.8. The first-order valence-electron chi connectivity index (χ1n) is 4.95. The van der Waals surface area contributed by atoms with Gasteiger partial charge in [-0.1, -0.05) is 12.2 Å². The van der Waals surface area contributed by atoms with Crippen LogP contribution in [0.1, 0.15) is 12.5 Å². The number of rotatable bonds is 1. The van der Waals surface area contributed by atoms with Crippen LogP contribution in [0.5, 0.6) is 0 Å². The number of thiocarbonyl (C=S) groups is 1. The van der Waals surface area contributed by atoms with Gasteiger partial charge in [0.25, 0.3) is 0 Å². The molecule has 1 unspecified atom stereocenters. The summed E-state index contributed by atoms with van der Waals surface area (Å²) in [6.45, 7) is 2.60. The molecule has 94 valence electrons. The van der Waals surface area contributed by atoms with Crippen LogP contribution in [0.3, 0.4) is 0 Å². The van der Waals surface area contributed by atoms with Gasteiger partial charge < -0.3 is 15.8 Å². The molecule has 0 bridgehead atoms. The first-order valence-corrected chi connectivity index (χ1v) is 5.36. The van der Waals surface area contributed by atoms with Crippen LogP contribution in [0, 0.1) is 5.82 Å². The second kappa shape index (κ2) is 5.16.